The predicted octanol–water partition coefficient (Wildman–Crippen LogP) is -0.155. The third kappa shape index (κ3) is 2.73. The van der Waals surface area contributed by atoms with Crippen LogP contribution in [0.1, 0.15) is 5.56 Å². The Kier molecular flexibility index (Phi) is 3.80. The van der Waals surface area contributed by atoms with E-state index in [0.29, 0.717) is 18.3 Å². The molecule has 1 aromatic carbocycles. The molecule has 0 bridgehead atoms. The van der Waals surface area contributed by atoms with Crippen molar-refractivity contribution in [3.05, 3.63) is 29.8 Å². The van der Waals surface area contributed by atoms with E-state index < -0.39 is 0 Å². The number of aliphatic imine (C=N–C) groups is 1. The van der Waals surface area contributed by atoms with E-state index in [4.69, 9.17) is 0 Å². The molecular formula is C15H17N5O2S. The molecule has 0 radical (unpaired) electrons. The largest absolute Gasteiger partial charge is 0.311 e. The number of rotatable bonds is 2. The first kappa shape index (κ1) is 14.7. The van der Waals surface area contributed by atoms with Crippen molar-refractivity contribution in [2.45, 2.75) is 12.6 Å². The number of amidine groups is 1. The zero-order valence-electron chi connectivity index (χ0n) is 12.4. The molecule has 1 fully saturated rings. The lowest BCUT2D eigenvalue weighted by Crippen LogP contribution is -2.46. The van der Waals surface area contributed by atoms with E-state index in [9.17, 15) is 9.59 Å². The minimum atomic E-state index is -0.242. The van der Waals surface area contributed by atoms with E-state index in [1.54, 1.807) is 0 Å². The van der Waals surface area contributed by atoms with Crippen LogP contribution in [-0.2, 0) is 16.0 Å². The first-order valence-electron chi connectivity index (χ1n) is 7.60. The van der Waals surface area contributed by atoms with Crippen molar-refractivity contribution < 1.29 is 9.59 Å². The van der Waals surface area contributed by atoms with E-state index in [-0.39, 0.29) is 29.7 Å². The normalized spacial score (nSPS) is 25.7. The molecule has 7 nitrogen and oxygen atoms in total. The molecule has 1 aromatic rings. The third-order valence-electron chi connectivity index (χ3n) is 4.30. The van der Waals surface area contributed by atoms with E-state index >= 15 is 0 Å². The summed E-state index contributed by atoms with van der Waals surface area (Å²) in [5, 5.41) is 3.28. The number of fused-ring (bicyclic) bond motifs is 2. The Morgan fingerprint density at radius 2 is 2.26 bits per heavy atom. The van der Waals surface area contributed by atoms with Crippen LogP contribution in [-0.4, -0.2) is 42.0 Å². The quantitative estimate of drug-likeness (QED) is 0.701. The summed E-state index contributed by atoms with van der Waals surface area (Å²) < 4.78 is 0. The highest BCUT2D eigenvalue weighted by Gasteiger charge is 2.37. The molecule has 120 valence electrons. The second-order valence-corrected chi connectivity index (χ2v) is 6.68. The molecule has 2 atom stereocenters. The maximum absolute atomic E-state index is 12.5. The van der Waals surface area contributed by atoms with Gasteiger partial charge in [0, 0.05) is 18.8 Å². The van der Waals surface area contributed by atoms with Crippen LogP contribution in [0.3, 0.4) is 0 Å². The predicted molar refractivity (Wildman–Crippen MR) is 89.0 cm³/mol. The number of benzene rings is 1. The highest BCUT2D eigenvalue weighted by Crippen LogP contribution is 2.28. The summed E-state index contributed by atoms with van der Waals surface area (Å²) in [5.74, 6) is 0.0687. The van der Waals surface area contributed by atoms with Crippen LogP contribution in [0.15, 0.2) is 29.3 Å². The molecule has 3 N–H and O–H groups in total. The van der Waals surface area contributed by atoms with Crippen molar-refractivity contribution in [3.8, 4) is 0 Å². The summed E-state index contributed by atoms with van der Waals surface area (Å²) in [4.78, 5) is 30.7. The molecule has 0 spiro atoms. The van der Waals surface area contributed by atoms with Crippen molar-refractivity contribution in [1.82, 2.24) is 16.2 Å². The zero-order chi connectivity index (χ0) is 15.8. The van der Waals surface area contributed by atoms with Crippen LogP contribution in [0, 0.1) is 5.92 Å². The number of amides is 2. The maximum Gasteiger partial charge on any atom is 0.237 e. The Morgan fingerprint density at radius 3 is 3.17 bits per heavy atom. The minimum Gasteiger partial charge on any atom is -0.311 e. The fourth-order valence-corrected chi connectivity index (χ4v) is 3.86. The summed E-state index contributed by atoms with van der Waals surface area (Å²) in [6, 6.07) is 7.97. The minimum absolute atomic E-state index is 0.0385. The van der Waals surface area contributed by atoms with Gasteiger partial charge in [0.25, 0.3) is 0 Å². The van der Waals surface area contributed by atoms with E-state index in [0.717, 1.165) is 12.1 Å². The van der Waals surface area contributed by atoms with E-state index in [2.05, 4.69) is 27.2 Å². The van der Waals surface area contributed by atoms with Gasteiger partial charge in [0.15, 0.2) is 5.17 Å². The van der Waals surface area contributed by atoms with E-state index in [1.807, 2.05) is 23.1 Å². The first-order valence-corrected chi connectivity index (χ1v) is 8.59. The van der Waals surface area contributed by atoms with Gasteiger partial charge in [-0.3, -0.25) is 15.0 Å². The van der Waals surface area contributed by atoms with E-state index in [1.165, 1.54) is 17.3 Å². The van der Waals surface area contributed by atoms with Gasteiger partial charge in [0.2, 0.25) is 11.8 Å². The Hall–Kier alpha value is -1.90. The number of nitrogens with one attached hydrogen (secondary N) is 3. The standard InChI is InChI=1S/C15H17N5O2S/c21-12(20-6-5-9-3-1-2-4-11(9)20)8-23-15-17-13-10(7-16-19-13)14(22)18-15/h1-4,10,13,16,19H,5-8H2,(H,17,18,22). The van der Waals surface area contributed by atoms with Gasteiger partial charge in [-0.1, -0.05) is 30.0 Å². The van der Waals surface area contributed by atoms with Gasteiger partial charge >= 0.3 is 0 Å². The van der Waals surface area contributed by atoms with Crippen molar-refractivity contribution in [1.29, 1.82) is 0 Å². The number of anilines is 1. The number of thioether (sulfide) groups is 1. The molecule has 1 saturated heterocycles. The topological polar surface area (TPSA) is 85.8 Å². The highest BCUT2D eigenvalue weighted by molar-refractivity contribution is 8.14. The van der Waals surface area contributed by atoms with Gasteiger partial charge in [-0.25, -0.2) is 10.4 Å². The molecule has 2 amide bonds. The van der Waals surface area contributed by atoms with Crippen molar-refractivity contribution >= 4 is 34.4 Å². The fraction of sp³-hybridized carbons (Fsp3) is 0.400. The summed E-state index contributed by atoms with van der Waals surface area (Å²) in [5.41, 5.74) is 8.10. The lowest BCUT2D eigenvalue weighted by atomic mass is 10.1. The van der Waals surface area contributed by atoms with Crippen molar-refractivity contribution in [2.24, 2.45) is 10.9 Å². The SMILES string of the molecule is O=C1NC(SCC(=O)N2CCc3ccccc32)=NC2NNCC12. The van der Waals surface area contributed by atoms with Crippen LogP contribution >= 0.6 is 11.8 Å². The molecule has 23 heavy (non-hydrogen) atoms. The molecule has 3 aliphatic rings. The van der Waals surface area contributed by atoms with Crippen LogP contribution < -0.4 is 21.1 Å². The molecule has 8 heteroatoms. The third-order valence-corrected chi connectivity index (χ3v) is 5.17. The fourth-order valence-electron chi connectivity index (χ4n) is 3.08. The van der Waals surface area contributed by atoms with Gasteiger partial charge in [-0.15, -0.1) is 0 Å². The number of carbonyl (C=O) groups excluding carboxylic acids is 2. The molecule has 3 heterocycles. The lowest BCUT2D eigenvalue weighted by Gasteiger charge is -2.22. The Bertz CT molecular complexity index is 692. The average molecular weight is 331 g/mol. The summed E-state index contributed by atoms with van der Waals surface area (Å²) in [6.07, 6.45) is 0.651. The first-order chi connectivity index (χ1) is 11.2. The lowest BCUT2D eigenvalue weighted by molar-refractivity contribution is -0.123. The van der Waals surface area contributed by atoms with Crippen LogP contribution in [0.5, 0.6) is 0 Å². The van der Waals surface area contributed by atoms with Gasteiger partial charge in [0.05, 0.1) is 11.7 Å². The average Bonchev–Trinajstić information content (AvgIpc) is 3.19. The molecule has 0 aliphatic carbocycles. The Balaban J connectivity index is 1.40. The summed E-state index contributed by atoms with van der Waals surface area (Å²) >= 11 is 1.28. The van der Waals surface area contributed by atoms with Crippen molar-refractivity contribution in [3.63, 3.8) is 0 Å². The Labute approximate surface area is 137 Å². The molecular weight excluding hydrogens is 314 g/mol. The number of hydrogen-bond donors (Lipinski definition) is 3. The van der Waals surface area contributed by atoms with Gasteiger partial charge in [-0.2, -0.15) is 0 Å². The number of nitrogens with zero attached hydrogens (tertiary/aromatic N) is 2. The second-order valence-electron chi connectivity index (χ2n) is 5.71. The maximum atomic E-state index is 12.5. The number of hydrogen-bond acceptors (Lipinski definition) is 6. The number of carbonyl (C=O) groups is 2. The zero-order valence-corrected chi connectivity index (χ0v) is 13.2. The van der Waals surface area contributed by atoms with Gasteiger partial charge < -0.3 is 10.2 Å². The second kappa shape index (κ2) is 5.95. The molecule has 0 saturated carbocycles. The smallest absolute Gasteiger partial charge is 0.237 e. The van der Waals surface area contributed by atoms with Gasteiger partial charge in [-0.05, 0) is 18.1 Å². The Morgan fingerprint density at radius 1 is 1.39 bits per heavy atom. The van der Waals surface area contributed by atoms with Gasteiger partial charge in [0.1, 0.15) is 6.17 Å². The highest BCUT2D eigenvalue weighted by atomic mass is 32.2. The van der Waals surface area contributed by atoms with Crippen LogP contribution in [0.2, 0.25) is 0 Å². The molecule has 2 unspecified atom stereocenters. The van der Waals surface area contributed by atoms with Crippen molar-refractivity contribution in [2.75, 3.05) is 23.7 Å². The molecule has 3 aliphatic heterocycles. The summed E-state index contributed by atoms with van der Waals surface area (Å²) in [7, 11) is 0. The summed E-state index contributed by atoms with van der Waals surface area (Å²) in [6.45, 7) is 1.29. The molecule has 4 rings (SSSR count). The number of para-hydroxylation sites is 1. The number of hydrazine groups is 1. The van der Waals surface area contributed by atoms with Crippen LogP contribution in [0.25, 0.3) is 0 Å². The monoisotopic (exact) mass is 331 g/mol. The molecule has 0 aromatic heterocycles. The van der Waals surface area contributed by atoms with Crippen LogP contribution in [0.4, 0.5) is 5.69 Å².